The van der Waals surface area contributed by atoms with E-state index in [4.69, 9.17) is 0 Å². The molecule has 0 spiro atoms. The fourth-order valence-corrected chi connectivity index (χ4v) is 3.16. The van der Waals surface area contributed by atoms with E-state index in [0.717, 1.165) is 18.4 Å². The van der Waals surface area contributed by atoms with Crippen molar-refractivity contribution in [1.29, 1.82) is 0 Å². The zero-order chi connectivity index (χ0) is 11.5. The first kappa shape index (κ1) is 16.7. The van der Waals surface area contributed by atoms with Gasteiger partial charge < -0.3 is 10.2 Å². The quantitative estimate of drug-likeness (QED) is 0.927. The van der Waals surface area contributed by atoms with E-state index in [1.54, 1.807) is 0 Å². The van der Waals surface area contributed by atoms with E-state index < -0.39 is 0 Å². The number of aromatic nitrogens is 1. The number of hydrogen-bond acceptors (Lipinski definition) is 3. The fourth-order valence-electron chi connectivity index (χ4n) is 3.16. The van der Waals surface area contributed by atoms with Crippen LogP contribution in [-0.2, 0) is 6.42 Å². The zero-order valence-corrected chi connectivity index (χ0v) is 12.8. The minimum atomic E-state index is 0. The van der Waals surface area contributed by atoms with Crippen LogP contribution in [0.2, 0.25) is 0 Å². The Balaban J connectivity index is 0.000000902. The molecule has 0 bridgehead atoms. The average molecular weight is 304 g/mol. The molecule has 0 aromatic carbocycles. The maximum Gasteiger partial charge on any atom is 0.0300 e. The van der Waals surface area contributed by atoms with E-state index in [1.165, 1.54) is 44.6 Å². The largest absolute Gasteiger partial charge is 0.314 e. The summed E-state index contributed by atoms with van der Waals surface area (Å²) in [5.41, 5.74) is 1.36. The van der Waals surface area contributed by atoms with Crippen LogP contribution in [0.25, 0.3) is 0 Å². The van der Waals surface area contributed by atoms with Gasteiger partial charge in [0.25, 0.3) is 0 Å². The Morgan fingerprint density at radius 2 is 2.21 bits per heavy atom. The number of fused-ring (bicyclic) bond motifs is 1. The molecule has 3 nitrogen and oxygen atoms in total. The second-order valence-electron chi connectivity index (χ2n) is 5.31. The van der Waals surface area contributed by atoms with Crippen LogP contribution in [0.3, 0.4) is 0 Å². The first-order valence-electron chi connectivity index (χ1n) is 6.76. The van der Waals surface area contributed by atoms with E-state index in [1.807, 2.05) is 18.5 Å². The normalized spacial score (nSPS) is 26.1. The van der Waals surface area contributed by atoms with Crippen molar-refractivity contribution in [3.05, 3.63) is 30.1 Å². The third-order valence-corrected chi connectivity index (χ3v) is 4.18. The van der Waals surface area contributed by atoms with Crippen LogP contribution in [0.5, 0.6) is 0 Å². The van der Waals surface area contributed by atoms with Gasteiger partial charge in [0.05, 0.1) is 0 Å². The van der Waals surface area contributed by atoms with E-state index in [-0.39, 0.29) is 24.8 Å². The molecule has 3 rings (SSSR count). The maximum absolute atomic E-state index is 4.17. The molecule has 0 radical (unpaired) electrons. The molecule has 2 aliphatic rings. The minimum Gasteiger partial charge on any atom is -0.314 e. The Morgan fingerprint density at radius 3 is 3.00 bits per heavy atom. The van der Waals surface area contributed by atoms with E-state index in [2.05, 4.69) is 21.3 Å². The molecular weight excluding hydrogens is 281 g/mol. The van der Waals surface area contributed by atoms with E-state index >= 15 is 0 Å². The first-order valence-corrected chi connectivity index (χ1v) is 6.76. The number of likely N-dealkylation sites (tertiary alicyclic amines) is 1. The standard InChI is InChI=1S/C14H21N3.2ClH/c1-2-12(10-15-6-1)4-8-17-9-5-14-13(11-17)3-7-16-14;;/h1-2,6,10,13-14,16H,3-5,7-9,11H2;2*1H. The zero-order valence-electron chi connectivity index (χ0n) is 11.1. The third-order valence-electron chi connectivity index (χ3n) is 4.18. The SMILES string of the molecule is Cl.Cl.c1cncc(CCN2CCC3NCCC3C2)c1. The summed E-state index contributed by atoms with van der Waals surface area (Å²) in [6.07, 6.45) is 7.67. The Hall–Kier alpha value is -0.350. The molecule has 2 unspecified atom stereocenters. The lowest BCUT2D eigenvalue weighted by molar-refractivity contribution is 0.164. The summed E-state index contributed by atoms with van der Waals surface area (Å²) in [4.78, 5) is 6.80. The van der Waals surface area contributed by atoms with Gasteiger partial charge in [-0.15, -0.1) is 24.8 Å². The van der Waals surface area contributed by atoms with Crippen molar-refractivity contribution in [3.8, 4) is 0 Å². The Bertz CT molecular complexity index is 361. The third kappa shape index (κ3) is 4.32. The van der Waals surface area contributed by atoms with Gasteiger partial charge in [0.2, 0.25) is 0 Å². The minimum absolute atomic E-state index is 0. The second-order valence-corrected chi connectivity index (χ2v) is 5.31. The van der Waals surface area contributed by atoms with Crippen LogP contribution < -0.4 is 5.32 Å². The summed E-state index contributed by atoms with van der Waals surface area (Å²) in [5.74, 6) is 0.901. The molecule has 2 aliphatic heterocycles. The van der Waals surface area contributed by atoms with Crippen molar-refractivity contribution in [2.75, 3.05) is 26.2 Å². The molecular formula is C14H23Cl2N3. The summed E-state index contributed by atoms with van der Waals surface area (Å²) in [5, 5.41) is 3.62. The Morgan fingerprint density at radius 1 is 1.32 bits per heavy atom. The second kappa shape index (κ2) is 8.05. The number of hydrogen-bond donors (Lipinski definition) is 1. The van der Waals surface area contributed by atoms with Crippen molar-refractivity contribution < 1.29 is 0 Å². The van der Waals surface area contributed by atoms with Gasteiger partial charge in [-0.25, -0.2) is 0 Å². The number of rotatable bonds is 3. The molecule has 2 fully saturated rings. The van der Waals surface area contributed by atoms with Gasteiger partial charge in [0.15, 0.2) is 0 Å². The van der Waals surface area contributed by atoms with Gasteiger partial charge in [-0.05, 0) is 49.9 Å². The molecule has 0 amide bonds. The molecule has 0 aliphatic carbocycles. The van der Waals surface area contributed by atoms with Gasteiger partial charge in [0.1, 0.15) is 0 Å². The van der Waals surface area contributed by atoms with Crippen LogP contribution in [-0.4, -0.2) is 42.1 Å². The predicted molar refractivity (Wildman–Crippen MR) is 83.4 cm³/mol. The highest BCUT2D eigenvalue weighted by Crippen LogP contribution is 2.24. The van der Waals surface area contributed by atoms with Crippen molar-refractivity contribution in [2.24, 2.45) is 5.92 Å². The molecule has 1 N–H and O–H groups in total. The van der Waals surface area contributed by atoms with Gasteiger partial charge in [-0.2, -0.15) is 0 Å². The van der Waals surface area contributed by atoms with Crippen molar-refractivity contribution in [3.63, 3.8) is 0 Å². The number of halogens is 2. The summed E-state index contributed by atoms with van der Waals surface area (Å²) < 4.78 is 0. The molecule has 3 heterocycles. The average Bonchev–Trinajstić information content (AvgIpc) is 2.85. The topological polar surface area (TPSA) is 28.2 Å². The van der Waals surface area contributed by atoms with Crippen LogP contribution in [0.1, 0.15) is 18.4 Å². The number of piperidine rings is 1. The summed E-state index contributed by atoms with van der Waals surface area (Å²) in [7, 11) is 0. The highest BCUT2D eigenvalue weighted by atomic mass is 35.5. The van der Waals surface area contributed by atoms with Gasteiger partial charge in [0, 0.05) is 31.5 Å². The van der Waals surface area contributed by atoms with Crippen molar-refractivity contribution >= 4 is 24.8 Å². The van der Waals surface area contributed by atoms with E-state index in [9.17, 15) is 0 Å². The molecule has 1 aromatic rings. The fraction of sp³-hybridized carbons (Fsp3) is 0.643. The van der Waals surface area contributed by atoms with Crippen LogP contribution in [0.15, 0.2) is 24.5 Å². The molecule has 2 saturated heterocycles. The lowest BCUT2D eigenvalue weighted by Gasteiger charge is -2.34. The Labute approximate surface area is 128 Å². The van der Waals surface area contributed by atoms with E-state index in [0.29, 0.717) is 0 Å². The molecule has 19 heavy (non-hydrogen) atoms. The maximum atomic E-state index is 4.17. The Kier molecular flexibility index (Phi) is 7.08. The summed E-state index contributed by atoms with van der Waals surface area (Å²) in [6, 6.07) is 5.02. The van der Waals surface area contributed by atoms with Gasteiger partial charge in [-0.1, -0.05) is 6.07 Å². The van der Waals surface area contributed by atoms with Crippen LogP contribution >= 0.6 is 24.8 Å². The molecule has 1 aromatic heterocycles. The number of nitrogens with zero attached hydrogens (tertiary/aromatic N) is 2. The number of nitrogens with one attached hydrogen (secondary N) is 1. The molecule has 0 saturated carbocycles. The number of pyridine rings is 1. The molecule has 2 atom stereocenters. The van der Waals surface area contributed by atoms with Crippen molar-refractivity contribution in [1.82, 2.24) is 15.2 Å². The highest BCUT2D eigenvalue weighted by molar-refractivity contribution is 5.85. The lowest BCUT2D eigenvalue weighted by atomic mass is 9.93. The lowest BCUT2D eigenvalue weighted by Crippen LogP contribution is -2.44. The van der Waals surface area contributed by atoms with Crippen molar-refractivity contribution in [2.45, 2.75) is 25.3 Å². The smallest absolute Gasteiger partial charge is 0.0300 e. The highest BCUT2D eigenvalue weighted by Gasteiger charge is 2.32. The molecule has 5 heteroatoms. The van der Waals surface area contributed by atoms with Gasteiger partial charge in [-0.3, -0.25) is 4.98 Å². The monoisotopic (exact) mass is 303 g/mol. The summed E-state index contributed by atoms with van der Waals surface area (Å²) in [6.45, 7) is 4.97. The first-order chi connectivity index (χ1) is 8.42. The summed E-state index contributed by atoms with van der Waals surface area (Å²) >= 11 is 0. The van der Waals surface area contributed by atoms with Crippen LogP contribution in [0.4, 0.5) is 0 Å². The molecule has 108 valence electrons. The van der Waals surface area contributed by atoms with Gasteiger partial charge >= 0.3 is 0 Å². The predicted octanol–water partition coefficient (Wildman–Crippen LogP) is 2.15. The van der Waals surface area contributed by atoms with Crippen LogP contribution in [0, 0.1) is 5.92 Å².